The molecule has 0 spiro atoms. The molecule has 7 nitrogen and oxygen atoms in total. The van der Waals surface area contributed by atoms with Crippen LogP contribution in [0.5, 0.6) is 0 Å². The molecule has 3 atom stereocenters. The third-order valence-corrected chi connectivity index (χ3v) is 5.79. The van der Waals surface area contributed by atoms with Crippen LogP contribution in [0, 0.1) is 12.8 Å². The number of aromatic nitrogens is 4. The maximum atomic E-state index is 13.6. The van der Waals surface area contributed by atoms with Crippen molar-refractivity contribution in [3.8, 4) is 0 Å². The lowest BCUT2D eigenvalue weighted by atomic mass is 9.89. The summed E-state index contributed by atoms with van der Waals surface area (Å²) in [4.78, 5) is 15.5. The molecule has 2 aromatic carbocycles. The van der Waals surface area contributed by atoms with Crippen LogP contribution in [0.25, 0.3) is 0 Å². The molecule has 3 aromatic rings. The second-order valence-electron chi connectivity index (χ2n) is 7.63. The van der Waals surface area contributed by atoms with E-state index in [2.05, 4.69) is 27.7 Å². The number of benzene rings is 2. The summed E-state index contributed by atoms with van der Waals surface area (Å²) in [6, 6.07) is 19.8. The average Bonchev–Trinajstić information content (AvgIpc) is 3.39. The first-order chi connectivity index (χ1) is 14.2. The number of carbonyl (C=O) groups excluding carboxylic acids is 1. The van der Waals surface area contributed by atoms with E-state index in [1.54, 1.807) is 4.68 Å². The molecule has 0 saturated carbocycles. The van der Waals surface area contributed by atoms with E-state index in [-0.39, 0.29) is 17.7 Å². The van der Waals surface area contributed by atoms with Crippen molar-refractivity contribution >= 4 is 5.91 Å². The van der Waals surface area contributed by atoms with Crippen LogP contribution >= 0.6 is 0 Å². The van der Waals surface area contributed by atoms with Gasteiger partial charge in [-0.1, -0.05) is 60.7 Å². The zero-order valence-corrected chi connectivity index (χ0v) is 16.6. The highest BCUT2D eigenvalue weighted by atomic mass is 16.2. The number of hydrogen-bond acceptors (Lipinski definition) is 5. The SMILES string of the molecule is Cc1nnnn1C(Cc1ccccc1)C(=O)N1C[C@@H](CN)[C@H](c2ccccc2)C1. The number of aryl methyl sites for hydroxylation is 1. The minimum atomic E-state index is -0.472. The quantitative estimate of drug-likeness (QED) is 0.695. The topological polar surface area (TPSA) is 89.9 Å². The molecule has 1 amide bonds. The molecule has 1 aliphatic heterocycles. The standard InChI is InChI=1S/C22H26N6O/c1-16-24-25-26-28(16)21(12-17-8-4-2-5-9-17)22(29)27-14-19(13-23)20(15-27)18-10-6-3-7-11-18/h2-11,19-21H,12-15,23H2,1H3/t19-,20+,21?/m1/s1. The third-order valence-electron chi connectivity index (χ3n) is 5.79. The Balaban J connectivity index is 1.60. The van der Waals surface area contributed by atoms with Crippen molar-refractivity contribution in [2.75, 3.05) is 19.6 Å². The number of likely N-dealkylation sites (tertiary alicyclic amines) is 1. The van der Waals surface area contributed by atoms with Gasteiger partial charge in [-0.3, -0.25) is 4.79 Å². The molecular weight excluding hydrogens is 364 g/mol. The van der Waals surface area contributed by atoms with Crippen molar-refractivity contribution < 1.29 is 4.79 Å². The van der Waals surface area contributed by atoms with Gasteiger partial charge in [0.2, 0.25) is 5.91 Å². The van der Waals surface area contributed by atoms with Gasteiger partial charge in [-0.25, -0.2) is 4.68 Å². The lowest BCUT2D eigenvalue weighted by Crippen LogP contribution is -2.38. The highest BCUT2D eigenvalue weighted by molar-refractivity contribution is 5.81. The first-order valence-electron chi connectivity index (χ1n) is 9.99. The molecule has 150 valence electrons. The second kappa shape index (κ2) is 8.53. The molecule has 4 rings (SSSR count). The van der Waals surface area contributed by atoms with Gasteiger partial charge in [0.15, 0.2) is 0 Å². The smallest absolute Gasteiger partial charge is 0.247 e. The molecule has 2 heterocycles. The van der Waals surface area contributed by atoms with Crippen LogP contribution in [0.2, 0.25) is 0 Å². The van der Waals surface area contributed by atoms with Gasteiger partial charge in [0.25, 0.3) is 0 Å². The number of rotatable bonds is 6. The Morgan fingerprint density at radius 1 is 1.10 bits per heavy atom. The Hall–Kier alpha value is -3.06. The fourth-order valence-corrected chi connectivity index (χ4v) is 4.22. The maximum absolute atomic E-state index is 13.6. The number of carbonyl (C=O) groups is 1. The van der Waals surface area contributed by atoms with Crippen LogP contribution < -0.4 is 5.73 Å². The third kappa shape index (κ3) is 4.05. The largest absolute Gasteiger partial charge is 0.340 e. The zero-order chi connectivity index (χ0) is 20.2. The van der Waals surface area contributed by atoms with E-state index >= 15 is 0 Å². The molecule has 0 radical (unpaired) electrons. The molecule has 1 unspecified atom stereocenters. The molecular formula is C22H26N6O. The fraction of sp³-hybridized carbons (Fsp3) is 0.364. The number of hydrogen-bond donors (Lipinski definition) is 1. The van der Waals surface area contributed by atoms with Gasteiger partial charge in [0.05, 0.1) is 0 Å². The van der Waals surface area contributed by atoms with Crippen molar-refractivity contribution in [3.63, 3.8) is 0 Å². The molecule has 2 N–H and O–H groups in total. The highest BCUT2D eigenvalue weighted by Gasteiger charge is 2.38. The van der Waals surface area contributed by atoms with E-state index in [0.717, 1.165) is 5.56 Å². The monoisotopic (exact) mass is 390 g/mol. The molecule has 7 heteroatoms. The Labute approximate surface area is 170 Å². The summed E-state index contributed by atoms with van der Waals surface area (Å²) in [6.45, 7) is 3.69. The number of nitrogens with two attached hydrogens (primary N) is 1. The molecule has 1 fully saturated rings. The van der Waals surface area contributed by atoms with Crippen LogP contribution in [0.4, 0.5) is 0 Å². The van der Waals surface area contributed by atoms with Crippen LogP contribution in [0.1, 0.15) is 28.9 Å². The lowest BCUT2D eigenvalue weighted by Gasteiger charge is -2.24. The predicted molar refractivity (Wildman–Crippen MR) is 110 cm³/mol. The van der Waals surface area contributed by atoms with Crippen molar-refractivity contribution in [1.82, 2.24) is 25.1 Å². The maximum Gasteiger partial charge on any atom is 0.247 e. The van der Waals surface area contributed by atoms with E-state index in [9.17, 15) is 4.79 Å². The Morgan fingerprint density at radius 2 is 1.79 bits per heavy atom. The first kappa shape index (κ1) is 19.3. The van der Waals surface area contributed by atoms with E-state index in [0.29, 0.717) is 31.9 Å². The van der Waals surface area contributed by atoms with Crippen LogP contribution in [-0.2, 0) is 11.2 Å². The summed E-state index contributed by atoms with van der Waals surface area (Å²) in [5.74, 6) is 1.17. The van der Waals surface area contributed by atoms with Crippen LogP contribution in [-0.4, -0.2) is 50.6 Å². The fourth-order valence-electron chi connectivity index (χ4n) is 4.22. The van der Waals surface area contributed by atoms with Crippen molar-refractivity contribution in [2.45, 2.75) is 25.3 Å². The van der Waals surface area contributed by atoms with Crippen molar-refractivity contribution in [1.29, 1.82) is 0 Å². The molecule has 1 saturated heterocycles. The normalized spacial score (nSPS) is 20.0. The Kier molecular flexibility index (Phi) is 5.67. The summed E-state index contributed by atoms with van der Waals surface area (Å²) >= 11 is 0. The van der Waals surface area contributed by atoms with Crippen molar-refractivity contribution in [2.24, 2.45) is 11.7 Å². The summed E-state index contributed by atoms with van der Waals surface area (Å²) < 4.78 is 1.64. The molecule has 29 heavy (non-hydrogen) atoms. The first-order valence-corrected chi connectivity index (χ1v) is 9.99. The summed E-state index contributed by atoms with van der Waals surface area (Å²) in [6.07, 6.45) is 0.547. The Morgan fingerprint density at radius 3 is 2.41 bits per heavy atom. The van der Waals surface area contributed by atoms with Crippen LogP contribution in [0.3, 0.4) is 0 Å². The average molecular weight is 390 g/mol. The van der Waals surface area contributed by atoms with Gasteiger partial charge < -0.3 is 10.6 Å². The van der Waals surface area contributed by atoms with E-state index in [1.807, 2.05) is 60.4 Å². The summed E-state index contributed by atoms with van der Waals surface area (Å²) in [5, 5.41) is 11.9. The number of nitrogens with zero attached hydrogens (tertiary/aromatic N) is 5. The summed E-state index contributed by atoms with van der Waals surface area (Å²) in [5.41, 5.74) is 8.38. The summed E-state index contributed by atoms with van der Waals surface area (Å²) in [7, 11) is 0. The van der Waals surface area contributed by atoms with Crippen molar-refractivity contribution in [3.05, 3.63) is 77.6 Å². The number of amides is 1. The van der Waals surface area contributed by atoms with E-state index < -0.39 is 6.04 Å². The van der Waals surface area contributed by atoms with Gasteiger partial charge in [0, 0.05) is 25.4 Å². The molecule has 0 aliphatic carbocycles. The van der Waals surface area contributed by atoms with E-state index in [4.69, 9.17) is 5.73 Å². The lowest BCUT2D eigenvalue weighted by molar-refractivity contribution is -0.134. The van der Waals surface area contributed by atoms with Gasteiger partial charge in [0.1, 0.15) is 11.9 Å². The van der Waals surface area contributed by atoms with E-state index in [1.165, 1.54) is 5.56 Å². The molecule has 1 aromatic heterocycles. The van der Waals surface area contributed by atoms with Gasteiger partial charge in [-0.2, -0.15) is 0 Å². The second-order valence-corrected chi connectivity index (χ2v) is 7.63. The molecule has 0 bridgehead atoms. The highest BCUT2D eigenvalue weighted by Crippen LogP contribution is 2.33. The minimum absolute atomic E-state index is 0.0427. The van der Waals surface area contributed by atoms with Crippen LogP contribution in [0.15, 0.2) is 60.7 Å². The van der Waals surface area contributed by atoms with Gasteiger partial charge in [-0.05, 0) is 40.9 Å². The van der Waals surface area contributed by atoms with Gasteiger partial charge >= 0.3 is 0 Å². The van der Waals surface area contributed by atoms with Gasteiger partial charge in [-0.15, -0.1) is 5.10 Å². The zero-order valence-electron chi connectivity index (χ0n) is 16.6. The minimum Gasteiger partial charge on any atom is -0.340 e. The molecule has 1 aliphatic rings. The number of tetrazole rings is 1. The Bertz CT molecular complexity index is 942. The predicted octanol–water partition coefficient (Wildman–Crippen LogP) is 1.97.